The number of hydrogen-bond donors (Lipinski definition) is 1. The maximum Gasteiger partial charge on any atom is 0.0774 e. The molecular formula is C15H26O2. The van der Waals surface area contributed by atoms with Gasteiger partial charge in [0.05, 0.1) is 18.8 Å². The maximum absolute atomic E-state index is 9.84. The highest BCUT2D eigenvalue weighted by molar-refractivity contribution is 5.22. The summed E-state index contributed by atoms with van der Waals surface area (Å²) in [5.74, 6) is 0.636. The molecule has 3 rings (SSSR count). The van der Waals surface area contributed by atoms with Gasteiger partial charge in [-0.15, -0.1) is 0 Å². The Kier molecular flexibility index (Phi) is 2.17. The fourth-order valence-electron chi connectivity index (χ4n) is 5.38. The standard InChI is InChI=1S/C15H26O2/c1-12(2)7-13(3,4)9-15(8-12)14(10-16)5-11(14)6-17-15/h11,16H,5-10H2,1-4H3. The number of ether oxygens (including phenoxy) is 1. The van der Waals surface area contributed by atoms with Crippen molar-refractivity contribution < 1.29 is 9.84 Å². The maximum atomic E-state index is 9.84. The van der Waals surface area contributed by atoms with Gasteiger partial charge in [0.15, 0.2) is 0 Å². The average molecular weight is 238 g/mol. The second kappa shape index (κ2) is 3.08. The summed E-state index contributed by atoms with van der Waals surface area (Å²) in [5, 5.41) is 9.84. The van der Waals surface area contributed by atoms with Crippen molar-refractivity contribution in [3.05, 3.63) is 0 Å². The zero-order valence-corrected chi connectivity index (χ0v) is 11.7. The largest absolute Gasteiger partial charge is 0.396 e. The van der Waals surface area contributed by atoms with Gasteiger partial charge in [0.25, 0.3) is 0 Å². The van der Waals surface area contributed by atoms with Crippen molar-refractivity contribution in [2.75, 3.05) is 13.2 Å². The minimum Gasteiger partial charge on any atom is -0.396 e. The van der Waals surface area contributed by atoms with Crippen molar-refractivity contribution in [3.8, 4) is 0 Å². The van der Waals surface area contributed by atoms with E-state index in [-0.39, 0.29) is 11.0 Å². The van der Waals surface area contributed by atoms with E-state index in [4.69, 9.17) is 4.74 Å². The molecule has 0 radical (unpaired) electrons. The Morgan fingerprint density at radius 3 is 2.12 bits per heavy atom. The molecule has 1 heterocycles. The van der Waals surface area contributed by atoms with E-state index in [0.717, 1.165) is 19.4 Å². The zero-order chi connectivity index (χ0) is 12.5. The van der Waals surface area contributed by atoms with Gasteiger partial charge in [0.1, 0.15) is 0 Å². The van der Waals surface area contributed by atoms with Gasteiger partial charge in [0.2, 0.25) is 0 Å². The van der Waals surface area contributed by atoms with Gasteiger partial charge in [-0.3, -0.25) is 0 Å². The molecule has 2 saturated carbocycles. The van der Waals surface area contributed by atoms with Gasteiger partial charge in [-0.1, -0.05) is 27.7 Å². The van der Waals surface area contributed by atoms with Crippen LogP contribution in [0.3, 0.4) is 0 Å². The summed E-state index contributed by atoms with van der Waals surface area (Å²) < 4.78 is 6.25. The first-order chi connectivity index (χ1) is 7.74. The summed E-state index contributed by atoms with van der Waals surface area (Å²) in [6.45, 7) is 10.6. The van der Waals surface area contributed by atoms with Crippen LogP contribution >= 0.6 is 0 Å². The van der Waals surface area contributed by atoms with Crippen LogP contribution in [0.1, 0.15) is 53.4 Å². The number of aliphatic hydroxyl groups excluding tert-OH is 1. The molecule has 0 bridgehead atoms. The molecule has 1 N–H and O–H groups in total. The Morgan fingerprint density at radius 1 is 1.06 bits per heavy atom. The predicted molar refractivity (Wildman–Crippen MR) is 67.7 cm³/mol. The lowest BCUT2D eigenvalue weighted by Crippen LogP contribution is -2.52. The first kappa shape index (κ1) is 12.0. The van der Waals surface area contributed by atoms with E-state index in [1.54, 1.807) is 0 Å². The molecule has 1 aliphatic heterocycles. The summed E-state index contributed by atoms with van der Waals surface area (Å²) in [7, 11) is 0. The fraction of sp³-hybridized carbons (Fsp3) is 1.00. The van der Waals surface area contributed by atoms with Gasteiger partial charge < -0.3 is 9.84 Å². The Morgan fingerprint density at radius 2 is 1.65 bits per heavy atom. The number of hydrogen-bond acceptors (Lipinski definition) is 2. The lowest BCUT2D eigenvalue weighted by molar-refractivity contribution is -0.148. The molecule has 0 aromatic carbocycles. The topological polar surface area (TPSA) is 29.5 Å². The SMILES string of the molecule is CC1(C)CC(C)(C)CC2(C1)OCC1CC12CO. The van der Waals surface area contributed by atoms with Gasteiger partial charge in [-0.05, 0) is 42.4 Å². The Balaban J connectivity index is 1.97. The molecule has 3 fully saturated rings. The Bertz CT molecular complexity index is 325. The summed E-state index contributed by atoms with van der Waals surface area (Å²) in [6, 6.07) is 0. The minimum absolute atomic E-state index is 0.0301. The molecule has 2 aliphatic carbocycles. The fourth-order valence-corrected chi connectivity index (χ4v) is 5.38. The molecule has 98 valence electrons. The molecule has 1 spiro atoms. The van der Waals surface area contributed by atoms with Crippen LogP contribution in [-0.2, 0) is 4.74 Å². The van der Waals surface area contributed by atoms with Gasteiger partial charge >= 0.3 is 0 Å². The lowest BCUT2D eigenvalue weighted by atomic mass is 9.56. The Labute approximate surface area is 105 Å². The smallest absolute Gasteiger partial charge is 0.0774 e. The molecule has 0 aromatic heterocycles. The summed E-state index contributed by atoms with van der Waals surface area (Å²) >= 11 is 0. The van der Waals surface area contributed by atoms with E-state index < -0.39 is 0 Å². The third-order valence-electron chi connectivity index (χ3n) is 5.47. The van der Waals surface area contributed by atoms with E-state index >= 15 is 0 Å². The molecule has 17 heavy (non-hydrogen) atoms. The van der Waals surface area contributed by atoms with Crippen molar-refractivity contribution in [3.63, 3.8) is 0 Å². The molecule has 2 unspecified atom stereocenters. The average Bonchev–Trinajstić information content (AvgIpc) is 2.79. The highest BCUT2D eigenvalue weighted by Crippen LogP contribution is 2.72. The number of fused-ring (bicyclic) bond motifs is 2. The third kappa shape index (κ3) is 1.53. The summed E-state index contributed by atoms with van der Waals surface area (Å²) in [4.78, 5) is 0. The van der Waals surface area contributed by atoms with Crippen molar-refractivity contribution in [2.24, 2.45) is 22.2 Å². The molecule has 2 heteroatoms. The highest BCUT2D eigenvalue weighted by atomic mass is 16.5. The molecule has 0 amide bonds. The van der Waals surface area contributed by atoms with Crippen LogP contribution in [0.4, 0.5) is 0 Å². The lowest BCUT2D eigenvalue weighted by Gasteiger charge is -2.53. The minimum atomic E-state index is -0.0301. The molecular weight excluding hydrogens is 212 g/mol. The second-order valence-electron chi connectivity index (χ2n) is 8.38. The summed E-state index contributed by atoms with van der Waals surface area (Å²) in [6.07, 6.45) is 4.70. The van der Waals surface area contributed by atoms with E-state index in [9.17, 15) is 5.11 Å². The predicted octanol–water partition coefficient (Wildman–Crippen LogP) is 2.99. The summed E-state index contributed by atoms with van der Waals surface area (Å²) in [5.41, 5.74) is 0.752. The van der Waals surface area contributed by atoms with Gasteiger partial charge in [-0.2, -0.15) is 0 Å². The van der Waals surface area contributed by atoms with Gasteiger partial charge in [0, 0.05) is 5.41 Å². The second-order valence-corrected chi connectivity index (χ2v) is 8.38. The van der Waals surface area contributed by atoms with E-state index in [1.165, 1.54) is 12.8 Å². The van der Waals surface area contributed by atoms with Crippen molar-refractivity contribution in [2.45, 2.75) is 59.0 Å². The number of aliphatic hydroxyl groups is 1. The highest BCUT2D eigenvalue weighted by Gasteiger charge is 2.73. The van der Waals surface area contributed by atoms with E-state index in [2.05, 4.69) is 27.7 Å². The van der Waals surface area contributed by atoms with Crippen molar-refractivity contribution in [1.29, 1.82) is 0 Å². The molecule has 2 atom stereocenters. The zero-order valence-electron chi connectivity index (χ0n) is 11.7. The monoisotopic (exact) mass is 238 g/mol. The van der Waals surface area contributed by atoms with Gasteiger partial charge in [-0.25, -0.2) is 0 Å². The normalized spacial score (nSPS) is 44.6. The van der Waals surface area contributed by atoms with Crippen molar-refractivity contribution in [1.82, 2.24) is 0 Å². The first-order valence-corrected chi connectivity index (χ1v) is 6.99. The van der Waals surface area contributed by atoms with Crippen LogP contribution in [0.2, 0.25) is 0 Å². The van der Waals surface area contributed by atoms with Crippen LogP contribution in [0.15, 0.2) is 0 Å². The van der Waals surface area contributed by atoms with Crippen LogP contribution in [0.5, 0.6) is 0 Å². The van der Waals surface area contributed by atoms with Crippen molar-refractivity contribution >= 4 is 0 Å². The first-order valence-electron chi connectivity index (χ1n) is 6.99. The molecule has 3 aliphatic rings. The quantitative estimate of drug-likeness (QED) is 0.761. The molecule has 2 nitrogen and oxygen atoms in total. The van der Waals surface area contributed by atoms with Crippen LogP contribution < -0.4 is 0 Å². The molecule has 0 aromatic rings. The van der Waals surface area contributed by atoms with Crippen LogP contribution in [0.25, 0.3) is 0 Å². The number of rotatable bonds is 1. The Hall–Kier alpha value is -0.0800. The molecule has 1 saturated heterocycles. The van der Waals surface area contributed by atoms with Crippen LogP contribution in [-0.4, -0.2) is 23.9 Å². The van der Waals surface area contributed by atoms with Crippen LogP contribution in [0, 0.1) is 22.2 Å². The van der Waals surface area contributed by atoms with E-state index in [1.807, 2.05) is 0 Å². The third-order valence-corrected chi connectivity index (χ3v) is 5.47. The van der Waals surface area contributed by atoms with E-state index in [0.29, 0.717) is 23.4 Å².